The molecule has 1 aliphatic rings. The van der Waals surface area contributed by atoms with Crippen molar-refractivity contribution in [1.29, 1.82) is 0 Å². The minimum absolute atomic E-state index is 0.250. The van der Waals surface area contributed by atoms with Crippen molar-refractivity contribution in [2.24, 2.45) is 11.1 Å². The van der Waals surface area contributed by atoms with Crippen LogP contribution in [0.3, 0.4) is 0 Å². The molecule has 0 spiro atoms. The van der Waals surface area contributed by atoms with Crippen molar-refractivity contribution >= 4 is 6.41 Å². The van der Waals surface area contributed by atoms with Gasteiger partial charge < -0.3 is 5.73 Å². The van der Waals surface area contributed by atoms with E-state index in [9.17, 15) is 13.2 Å². The van der Waals surface area contributed by atoms with Crippen molar-refractivity contribution in [3.05, 3.63) is 0 Å². The van der Waals surface area contributed by atoms with Crippen molar-refractivity contribution in [1.82, 2.24) is 0 Å². The van der Waals surface area contributed by atoms with Gasteiger partial charge in [-0.3, -0.25) is 4.79 Å². The fourth-order valence-corrected chi connectivity index (χ4v) is 0.471. The van der Waals surface area contributed by atoms with Crippen LogP contribution in [0, 0.1) is 5.41 Å². The normalized spacial score (nSPS) is 19.6. The Bertz CT molecular complexity index is 136. The Labute approximate surface area is 62.6 Å². The van der Waals surface area contributed by atoms with Crippen LogP contribution in [0.1, 0.15) is 19.8 Å². The minimum atomic E-state index is -3.95. The number of carbonyl (C=O) groups excluding carboxylic acids is 1. The standard InChI is InChI=1S/C5H7F3.CH3NO/c1-4(2-3-4)5(6,7)8;2-1-3/h2-3H2,1H3;1H,(H2,2,3). The van der Waals surface area contributed by atoms with Gasteiger partial charge in [0.25, 0.3) is 0 Å². The zero-order valence-corrected chi connectivity index (χ0v) is 6.11. The lowest BCUT2D eigenvalue weighted by Crippen LogP contribution is -2.20. The Morgan fingerprint density at radius 2 is 1.73 bits per heavy atom. The number of primary amides is 1. The number of rotatable bonds is 0. The van der Waals surface area contributed by atoms with Gasteiger partial charge in [-0.05, 0) is 12.8 Å². The number of amides is 1. The summed E-state index contributed by atoms with van der Waals surface area (Å²) in [5, 5.41) is 0. The summed E-state index contributed by atoms with van der Waals surface area (Å²) in [6.45, 7) is 1.26. The van der Waals surface area contributed by atoms with Crippen molar-refractivity contribution in [3.8, 4) is 0 Å². The van der Waals surface area contributed by atoms with Gasteiger partial charge in [-0.1, -0.05) is 6.92 Å². The highest BCUT2D eigenvalue weighted by atomic mass is 19.4. The van der Waals surface area contributed by atoms with Crippen molar-refractivity contribution in [2.45, 2.75) is 25.9 Å². The van der Waals surface area contributed by atoms with Crippen LogP contribution in [0.25, 0.3) is 0 Å². The predicted octanol–water partition coefficient (Wildman–Crippen LogP) is 1.45. The summed E-state index contributed by atoms with van der Waals surface area (Å²) in [6.07, 6.45) is -3.07. The Morgan fingerprint density at radius 1 is 1.45 bits per heavy atom. The number of alkyl halides is 3. The fourth-order valence-electron chi connectivity index (χ4n) is 0.471. The van der Waals surface area contributed by atoms with Crippen LogP contribution in [-0.2, 0) is 4.79 Å². The Morgan fingerprint density at radius 3 is 1.73 bits per heavy atom. The quantitative estimate of drug-likeness (QED) is 0.548. The van der Waals surface area contributed by atoms with Crippen LogP contribution in [0.2, 0.25) is 0 Å². The largest absolute Gasteiger partial charge is 0.394 e. The number of halogens is 3. The summed E-state index contributed by atoms with van der Waals surface area (Å²) in [4.78, 5) is 8.58. The molecule has 2 N–H and O–H groups in total. The fraction of sp³-hybridized carbons (Fsp3) is 0.833. The molecule has 2 nitrogen and oxygen atoms in total. The molecule has 0 atom stereocenters. The zero-order valence-electron chi connectivity index (χ0n) is 6.11. The van der Waals surface area contributed by atoms with E-state index in [1.807, 2.05) is 0 Å². The SMILES string of the molecule is CC1(C(F)(F)F)CC1.NC=O. The maximum atomic E-state index is 11.6. The zero-order chi connectivity index (χ0) is 9.12. The molecule has 0 saturated heterocycles. The molecule has 1 rings (SSSR count). The van der Waals surface area contributed by atoms with Crippen LogP contribution < -0.4 is 5.73 Å². The van der Waals surface area contributed by atoms with Crippen molar-refractivity contribution in [3.63, 3.8) is 0 Å². The summed E-state index contributed by atoms with van der Waals surface area (Å²) >= 11 is 0. The molecule has 1 fully saturated rings. The van der Waals surface area contributed by atoms with Gasteiger partial charge in [-0.25, -0.2) is 0 Å². The highest BCUT2D eigenvalue weighted by Gasteiger charge is 2.59. The summed E-state index contributed by atoms with van der Waals surface area (Å²) in [5.41, 5.74) is 2.85. The Hall–Kier alpha value is -0.740. The highest BCUT2D eigenvalue weighted by molar-refractivity contribution is 5.42. The van der Waals surface area contributed by atoms with Crippen LogP contribution in [-0.4, -0.2) is 12.6 Å². The summed E-state index contributed by atoms with van der Waals surface area (Å²) in [6, 6.07) is 0. The van der Waals surface area contributed by atoms with E-state index in [1.54, 1.807) is 0 Å². The van der Waals surface area contributed by atoms with E-state index >= 15 is 0 Å². The first kappa shape index (κ1) is 10.3. The Balaban J connectivity index is 0.000000292. The van der Waals surface area contributed by atoms with Crippen molar-refractivity contribution in [2.75, 3.05) is 0 Å². The van der Waals surface area contributed by atoms with E-state index in [0.29, 0.717) is 12.8 Å². The lowest BCUT2D eigenvalue weighted by Gasteiger charge is -2.11. The molecule has 66 valence electrons. The van der Waals surface area contributed by atoms with E-state index in [1.165, 1.54) is 6.92 Å². The van der Waals surface area contributed by atoms with Gasteiger partial charge >= 0.3 is 6.18 Å². The molecule has 0 bridgehead atoms. The molecule has 1 aliphatic carbocycles. The van der Waals surface area contributed by atoms with Gasteiger partial charge in [0.15, 0.2) is 0 Å². The maximum Gasteiger partial charge on any atom is 0.394 e. The molecule has 0 aromatic carbocycles. The lowest BCUT2D eigenvalue weighted by atomic mass is 10.1. The molecule has 0 heterocycles. The molecule has 0 aliphatic heterocycles. The van der Waals surface area contributed by atoms with Gasteiger partial charge in [-0.15, -0.1) is 0 Å². The number of carbonyl (C=O) groups is 1. The van der Waals surface area contributed by atoms with Crippen LogP contribution >= 0.6 is 0 Å². The molecular formula is C6H10F3NO. The van der Waals surface area contributed by atoms with E-state index < -0.39 is 11.6 Å². The first-order valence-electron chi connectivity index (χ1n) is 3.09. The summed E-state index contributed by atoms with van der Waals surface area (Å²) < 4.78 is 34.9. The third kappa shape index (κ3) is 2.78. The molecule has 5 heteroatoms. The van der Waals surface area contributed by atoms with E-state index in [0.717, 1.165) is 0 Å². The summed E-state index contributed by atoms with van der Waals surface area (Å²) in [7, 11) is 0. The summed E-state index contributed by atoms with van der Waals surface area (Å²) in [5.74, 6) is 0. The number of hydrogen-bond donors (Lipinski definition) is 1. The van der Waals surface area contributed by atoms with Gasteiger partial charge in [0.1, 0.15) is 0 Å². The highest BCUT2D eigenvalue weighted by Crippen LogP contribution is 2.56. The third-order valence-corrected chi connectivity index (χ3v) is 1.68. The average molecular weight is 169 g/mol. The topological polar surface area (TPSA) is 43.1 Å². The van der Waals surface area contributed by atoms with E-state index in [-0.39, 0.29) is 6.41 Å². The second-order valence-electron chi connectivity index (χ2n) is 2.69. The number of nitrogens with two attached hydrogens (primary N) is 1. The monoisotopic (exact) mass is 169 g/mol. The van der Waals surface area contributed by atoms with Gasteiger partial charge in [0.2, 0.25) is 6.41 Å². The van der Waals surface area contributed by atoms with Gasteiger partial charge in [0, 0.05) is 0 Å². The third-order valence-electron chi connectivity index (χ3n) is 1.68. The second kappa shape index (κ2) is 3.11. The van der Waals surface area contributed by atoms with Crippen molar-refractivity contribution < 1.29 is 18.0 Å². The molecule has 0 aromatic heterocycles. The molecule has 0 radical (unpaired) electrons. The van der Waals surface area contributed by atoms with Gasteiger partial charge in [-0.2, -0.15) is 13.2 Å². The Kier molecular flexibility index (Phi) is 2.90. The molecule has 0 unspecified atom stereocenters. The molecule has 1 saturated carbocycles. The first-order chi connectivity index (χ1) is 4.87. The molecule has 11 heavy (non-hydrogen) atoms. The van der Waals surface area contributed by atoms with Crippen LogP contribution in [0.4, 0.5) is 13.2 Å². The van der Waals surface area contributed by atoms with Crippen LogP contribution in [0.15, 0.2) is 0 Å². The first-order valence-corrected chi connectivity index (χ1v) is 3.09. The molecule has 1 amide bonds. The van der Waals surface area contributed by atoms with Gasteiger partial charge in [0.05, 0.1) is 5.41 Å². The average Bonchev–Trinajstić information content (AvgIpc) is 2.48. The lowest BCUT2D eigenvalue weighted by molar-refractivity contribution is -0.181. The second-order valence-corrected chi connectivity index (χ2v) is 2.69. The molecular weight excluding hydrogens is 159 g/mol. The molecule has 0 aromatic rings. The number of hydrogen-bond acceptors (Lipinski definition) is 1. The minimum Gasteiger partial charge on any atom is -0.372 e. The maximum absolute atomic E-state index is 11.6. The van der Waals surface area contributed by atoms with E-state index in [2.05, 4.69) is 5.73 Å². The smallest absolute Gasteiger partial charge is 0.372 e. The van der Waals surface area contributed by atoms with E-state index in [4.69, 9.17) is 4.79 Å². The predicted molar refractivity (Wildman–Crippen MR) is 33.6 cm³/mol. The van der Waals surface area contributed by atoms with Crippen LogP contribution in [0.5, 0.6) is 0 Å².